The minimum Gasteiger partial charge on any atom is -0.479 e. The maximum Gasteiger partial charge on any atom is 0.341 e. The zero-order valence-corrected chi connectivity index (χ0v) is 11.5. The molecule has 0 saturated carbocycles. The third-order valence-corrected chi connectivity index (χ3v) is 2.96. The largest absolute Gasteiger partial charge is 0.479 e. The van der Waals surface area contributed by atoms with Gasteiger partial charge in [0, 0.05) is 5.02 Å². The molecule has 0 aliphatic rings. The molecular formula is C13H15ClN2O3. The standard InChI is InChI=1S/C13H15ClN2O3/c1-3-8-13(9(2)17,12(18)19)16-15-11-6-4-10(14)5-7-11/h4-7H,3,8H2,1-2H3,(H,18,19). The van der Waals surface area contributed by atoms with E-state index in [2.05, 4.69) is 10.2 Å². The van der Waals surface area contributed by atoms with Crippen LogP contribution in [0.25, 0.3) is 0 Å². The molecule has 6 heteroatoms. The van der Waals surface area contributed by atoms with Crippen molar-refractivity contribution >= 4 is 29.0 Å². The Morgan fingerprint density at radius 2 is 1.89 bits per heavy atom. The lowest BCUT2D eigenvalue weighted by molar-refractivity contribution is -0.148. The highest BCUT2D eigenvalue weighted by molar-refractivity contribution is 6.30. The van der Waals surface area contributed by atoms with Gasteiger partial charge in [-0.05, 0) is 37.6 Å². The molecule has 1 aromatic rings. The summed E-state index contributed by atoms with van der Waals surface area (Å²) < 4.78 is 0. The van der Waals surface area contributed by atoms with Crippen molar-refractivity contribution in [2.24, 2.45) is 10.2 Å². The number of aliphatic carboxylic acids is 1. The highest BCUT2D eigenvalue weighted by atomic mass is 35.5. The molecule has 102 valence electrons. The van der Waals surface area contributed by atoms with E-state index in [9.17, 15) is 14.7 Å². The molecule has 19 heavy (non-hydrogen) atoms. The second kappa shape index (κ2) is 6.43. The van der Waals surface area contributed by atoms with Crippen LogP contribution in [0.15, 0.2) is 34.5 Å². The third kappa shape index (κ3) is 3.61. The molecule has 0 radical (unpaired) electrons. The fourth-order valence-corrected chi connectivity index (χ4v) is 1.74. The van der Waals surface area contributed by atoms with Crippen LogP contribution in [-0.2, 0) is 9.59 Å². The van der Waals surface area contributed by atoms with Gasteiger partial charge >= 0.3 is 5.97 Å². The second-order valence-electron chi connectivity index (χ2n) is 4.15. The van der Waals surface area contributed by atoms with Crippen LogP contribution in [0.2, 0.25) is 5.02 Å². The number of carboxylic acid groups (broad SMARTS) is 1. The van der Waals surface area contributed by atoms with E-state index in [1.807, 2.05) is 0 Å². The van der Waals surface area contributed by atoms with Gasteiger partial charge in [0.15, 0.2) is 5.78 Å². The highest BCUT2D eigenvalue weighted by Crippen LogP contribution is 2.24. The highest BCUT2D eigenvalue weighted by Gasteiger charge is 2.43. The Labute approximate surface area is 116 Å². The summed E-state index contributed by atoms with van der Waals surface area (Å²) in [5.74, 6) is -1.81. The Kier molecular flexibility index (Phi) is 5.18. The van der Waals surface area contributed by atoms with Crippen molar-refractivity contribution in [3.63, 3.8) is 0 Å². The summed E-state index contributed by atoms with van der Waals surface area (Å²) in [6.07, 6.45) is 0.639. The Bertz CT molecular complexity index is 483. The number of rotatable bonds is 6. The lowest BCUT2D eigenvalue weighted by Gasteiger charge is -2.19. The third-order valence-electron chi connectivity index (χ3n) is 2.71. The zero-order chi connectivity index (χ0) is 14.5. The average Bonchev–Trinajstić information content (AvgIpc) is 2.35. The van der Waals surface area contributed by atoms with Crippen LogP contribution in [0.1, 0.15) is 26.7 Å². The molecule has 1 unspecified atom stereocenters. The first-order valence-electron chi connectivity index (χ1n) is 5.85. The predicted molar refractivity (Wildman–Crippen MR) is 71.9 cm³/mol. The first-order valence-corrected chi connectivity index (χ1v) is 6.23. The topological polar surface area (TPSA) is 79.1 Å². The Balaban J connectivity index is 3.09. The van der Waals surface area contributed by atoms with Crippen molar-refractivity contribution in [2.75, 3.05) is 0 Å². The number of azo groups is 1. The van der Waals surface area contributed by atoms with Gasteiger partial charge in [0.1, 0.15) is 0 Å². The van der Waals surface area contributed by atoms with Gasteiger partial charge in [0.25, 0.3) is 0 Å². The van der Waals surface area contributed by atoms with Gasteiger partial charge in [-0.1, -0.05) is 24.9 Å². The molecule has 1 rings (SSSR count). The number of benzene rings is 1. The van der Waals surface area contributed by atoms with Crippen molar-refractivity contribution in [2.45, 2.75) is 32.2 Å². The fourth-order valence-electron chi connectivity index (χ4n) is 1.61. The number of Topliss-reactive ketones (excluding diaryl/α,β-unsaturated/α-hetero) is 1. The molecule has 0 bridgehead atoms. The summed E-state index contributed by atoms with van der Waals surface area (Å²) in [6.45, 7) is 3.00. The number of carbonyl (C=O) groups is 2. The molecule has 0 aliphatic heterocycles. The van der Waals surface area contributed by atoms with Crippen LogP contribution >= 0.6 is 11.6 Å². The van der Waals surface area contributed by atoms with Crippen LogP contribution in [0.5, 0.6) is 0 Å². The van der Waals surface area contributed by atoms with Gasteiger partial charge in [-0.2, -0.15) is 10.2 Å². The number of hydrogen-bond acceptors (Lipinski definition) is 4. The van der Waals surface area contributed by atoms with Gasteiger partial charge in [0.05, 0.1) is 5.69 Å². The molecule has 1 N–H and O–H groups in total. The number of carbonyl (C=O) groups excluding carboxylic acids is 1. The fraction of sp³-hybridized carbons (Fsp3) is 0.385. The molecule has 0 amide bonds. The van der Waals surface area contributed by atoms with Gasteiger partial charge < -0.3 is 5.11 Å². The number of carboxylic acids is 1. The molecule has 0 aromatic heterocycles. The summed E-state index contributed by atoms with van der Waals surface area (Å²) in [7, 11) is 0. The minimum atomic E-state index is -1.80. The molecule has 1 aromatic carbocycles. The summed E-state index contributed by atoms with van der Waals surface area (Å²) >= 11 is 5.73. The molecular weight excluding hydrogens is 268 g/mol. The van der Waals surface area contributed by atoms with E-state index in [0.717, 1.165) is 0 Å². The van der Waals surface area contributed by atoms with Crippen LogP contribution < -0.4 is 0 Å². The van der Waals surface area contributed by atoms with Gasteiger partial charge in [-0.3, -0.25) is 4.79 Å². The van der Waals surface area contributed by atoms with E-state index in [0.29, 0.717) is 17.1 Å². The lowest BCUT2D eigenvalue weighted by atomic mass is 9.91. The first kappa shape index (κ1) is 15.3. The summed E-state index contributed by atoms with van der Waals surface area (Å²) in [6, 6.07) is 6.44. The number of ketones is 1. The monoisotopic (exact) mass is 282 g/mol. The summed E-state index contributed by atoms with van der Waals surface area (Å²) in [4.78, 5) is 22.9. The van der Waals surface area contributed by atoms with Crippen molar-refractivity contribution < 1.29 is 14.7 Å². The first-order chi connectivity index (χ1) is 8.92. The Morgan fingerprint density at radius 1 is 1.32 bits per heavy atom. The minimum absolute atomic E-state index is 0.120. The number of hydrogen-bond donors (Lipinski definition) is 1. The Morgan fingerprint density at radius 3 is 2.32 bits per heavy atom. The van der Waals surface area contributed by atoms with Crippen molar-refractivity contribution in [3.05, 3.63) is 29.3 Å². The van der Waals surface area contributed by atoms with Crippen molar-refractivity contribution in [1.82, 2.24) is 0 Å². The average molecular weight is 283 g/mol. The van der Waals surface area contributed by atoms with E-state index >= 15 is 0 Å². The normalized spacial score (nSPS) is 14.3. The molecule has 5 nitrogen and oxygen atoms in total. The Hall–Kier alpha value is -1.75. The molecule has 0 heterocycles. The van der Waals surface area contributed by atoms with E-state index in [1.165, 1.54) is 6.92 Å². The van der Waals surface area contributed by atoms with E-state index in [1.54, 1.807) is 31.2 Å². The van der Waals surface area contributed by atoms with Crippen molar-refractivity contribution in [3.8, 4) is 0 Å². The quantitative estimate of drug-likeness (QED) is 0.639. The van der Waals surface area contributed by atoms with Crippen LogP contribution in [0, 0.1) is 0 Å². The van der Waals surface area contributed by atoms with Gasteiger partial charge in [-0.15, -0.1) is 0 Å². The maximum atomic E-state index is 11.6. The van der Waals surface area contributed by atoms with E-state index in [4.69, 9.17) is 11.6 Å². The molecule has 0 saturated heterocycles. The maximum absolute atomic E-state index is 11.6. The number of halogens is 1. The van der Waals surface area contributed by atoms with Gasteiger partial charge in [-0.25, -0.2) is 4.79 Å². The van der Waals surface area contributed by atoms with Crippen molar-refractivity contribution in [1.29, 1.82) is 0 Å². The molecule has 0 aliphatic carbocycles. The molecule has 0 spiro atoms. The summed E-state index contributed by atoms with van der Waals surface area (Å²) in [5.41, 5.74) is -1.35. The van der Waals surface area contributed by atoms with E-state index < -0.39 is 17.3 Å². The van der Waals surface area contributed by atoms with Crippen LogP contribution in [0.3, 0.4) is 0 Å². The number of nitrogens with zero attached hydrogens (tertiary/aromatic N) is 2. The SMILES string of the molecule is CCCC(N=Nc1ccc(Cl)cc1)(C(C)=O)C(=O)O. The lowest BCUT2D eigenvalue weighted by Crippen LogP contribution is -2.43. The molecule has 0 fully saturated rings. The smallest absolute Gasteiger partial charge is 0.341 e. The molecule has 1 atom stereocenters. The van der Waals surface area contributed by atoms with Gasteiger partial charge in [0.2, 0.25) is 5.54 Å². The summed E-state index contributed by atoms with van der Waals surface area (Å²) in [5, 5.41) is 17.4. The predicted octanol–water partition coefficient (Wildman–Crippen LogP) is 3.64. The zero-order valence-electron chi connectivity index (χ0n) is 10.8. The van der Waals surface area contributed by atoms with E-state index in [-0.39, 0.29) is 6.42 Å². The van der Waals surface area contributed by atoms with Crippen LogP contribution in [0.4, 0.5) is 5.69 Å². The second-order valence-corrected chi connectivity index (χ2v) is 4.58. The van der Waals surface area contributed by atoms with Crippen LogP contribution in [-0.4, -0.2) is 22.4 Å².